The van der Waals surface area contributed by atoms with Gasteiger partial charge in [-0.3, -0.25) is 0 Å². The topological polar surface area (TPSA) is 38.9 Å². The van der Waals surface area contributed by atoms with Crippen LogP contribution >= 0.6 is 0 Å². The van der Waals surface area contributed by atoms with E-state index in [1.807, 2.05) is 60.7 Å². The van der Waals surface area contributed by atoms with Crippen molar-refractivity contribution in [3.8, 4) is 22.7 Å². The molecule has 0 aliphatic rings. The van der Waals surface area contributed by atoms with Gasteiger partial charge in [-0.05, 0) is 34.4 Å². The van der Waals surface area contributed by atoms with Crippen LogP contribution in [-0.4, -0.2) is 10.2 Å². The summed E-state index contributed by atoms with van der Waals surface area (Å²) in [5.41, 5.74) is 1.15. The molecule has 2 aromatic heterocycles. The molecule has 0 fully saturated rings. The first kappa shape index (κ1) is 22.3. The van der Waals surface area contributed by atoms with Gasteiger partial charge in [0.25, 0.3) is 0 Å². The standard InChI is InChI=1S/C27H14F3N2O.Ir/c28-27(29,30)20-10-5-9-19(12-20)25-21-13-16-6-1-2-7-17(16)14-22(21)26(32-31-25)24-15-18-8-3-4-11-23(18)33-24;/h1-14H;/q-1;. The minimum absolute atomic E-state index is 0. The van der Waals surface area contributed by atoms with Crippen molar-refractivity contribution in [2.75, 3.05) is 0 Å². The maximum absolute atomic E-state index is 13.3. The monoisotopic (exact) mass is 632 g/mol. The number of rotatable bonds is 2. The normalized spacial score (nSPS) is 11.7. The SMILES string of the molecule is FC(F)(F)c1cccc(-c2nnc(-c3[c-]c4ccccc4o3)c3cc4ccccc4cc23)c1.[Ir]. The van der Waals surface area contributed by atoms with Crippen LogP contribution in [0, 0.1) is 6.07 Å². The first-order valence-electron chi connectivity index (χ1n) is 10.3. The third kappa shape index (κ3) is 3.77. The summed E-state index contributed by atoms with van der Waals surface area (Å²) in [4.78, 5) is 0. The van der Waals surface area contributed by atoms with Crippen molar-refractivity contribution in [2.24, 2.45) is 0 Å². The van der Waals surface area contributed by atoms with E-state index < -0.39 is 11.7 Å². The fourth-order valence-corrected chi connectivity index (χ4v) is 4.09. The van der Waals surface area contributed by atoms with E-state index >= 15 is 0 Å². The molecule has 0 saturated heterocycles. The Labute approximate surface area is 205 Å². The zero-order valence-electron chi connectivity index (χ0n) is 17.4. The Kier molecular flexibility index (Phi) is 5.47. The van der Waals surface area contributed by atoms with Crippen LogP contribution in [0.1, 0.15) is 5.56 Å². The zero-order valence-corrected chi connectivity index (χ0v) is 19.7. The Hall–Kier alpha value is -3.54. The third-order valence-corrected chi connectivity index (χ3v) is 5.67. The quantitative estimate of drug-likeness (QED) is 0.145. The number of hydrogen-bond donors (Lipinski definition) is 0. The number of benzene rings is 4. The molecule has 0 unspecified atom stereocenters. The number of fused-ring (bicyclic) bond motifs is 3. The number of nitrogens with zero attached hydrogens (tertiary/aromatic N) is 2. The smallest absolute Gasteiger partial charge is 0.416 e. The molecule has 4 aromatic carbocycles. The summed E-state index contributed by atoms with van der Waals surface area (Å²) in [6, 6.07) is 27.6. The van der Waals surface area contributed by atoms with Crippen molar-refractivity contribution < 1.29 is 37.7 Å². The van der Waals surface area contributed by atoms with E-state index in [0.29, 0.717) is 33.7 Å². The van der Waals surface area contributed by atoms with E-state index in [2.05, 4.69) is 16.3 Å². The molecule has 0 spiro atoms. The van der Waals surface area contributed by atoms with Crippen molar-refractivity contribution in [3.05, 3.63) is 96.6 Å². The Balaban J connectivity index is 0.00000241. The average molecular weight is 632 g/mol. The van der Waals surface area contributed by atoms with Crippen LogP contribution in [0.2, 0.25) is 0 Å². The number of hydrogen-bond acceptors (Lipinski definition) is 3. The van der Waals surface area contributed by atoms with E-state index in [-0.39, 0.29) is 20.1 Å². The maximum Gasteiger partial charge on any atom is 0.416 e. The molecule has 0 saturated carbocycles. The molecule has 6 aromatic rings. The molecule has 0 amide bonds. The number of halogens is 3. The van der Waals surface area contributed by atoms with E-state index in [4.69, 9.17) is 4.42 Å². The minimum atomic E-state index is -4.45. The molecule has 2 heterocycles. The van der Waals surface area contributed by atoms with Crippen LogP contribution in [-0.2, 0) is 26.3 Å². The molecule has 169 valence electrons. The molecule has 0 aliphatic heterocycles. The van der Waals surface area contributed by atoms with E-state index in [9.17, 15) is 13.2 Å². The molecular formula is C27H14F3IrN2O-. The van der Waals surface area contributed by atoms with Gasteiger partial charge in [0, 0.05) is 36.6 Å². The van der Waals surface area contributed by atoms with Gasteiger partial charge >= 0.3 is 6.18 Å². The van der Waals surface area contributed by atoms with E-state index in [1.54, 1.807) is 6.07 Å². The summed E-state index contributed by atoms with van der Waals surface area (Å²) in [6.07, 6.45) is -4.45. The Morgan fingerprint density at radius 2 is 1.35 bits per heavy atom. The van der Waals surface area contributed by atoms with E-state index in [1.165, 1.54) is 6.07 Å². The van der Waals surface area contributed by atoms with Crippen LogP contribution in [0.5, 0.6) is 0 Å². The van der Waals surface area contributed by atoms with Gasteiger partial charge in [0.15, 0.2) is 0 Å². The Bertz CT molecular complexity index is 1640. The summed E-state index contributed by atoms with van der Waals surface area (Å²) < 4.78 is 46.0. The van der Waals surface area contributed by atoms with Gasteiger partial charge in [-0.15, -0.1) is 17.5 Å². The molecule has 34 heavy (non-hydrogen) atoms. The van der Waals surface area contributed by atoms with Crippen LogP contribution in [0.25, 0.3) is 55.2 Å². The number of alkyl halides is 3. The molecular weight excluding hydrogens is 618 g/mol. The second-order valence-electron chi connectivity index (χ2n) is 7.77. The predicted octanol–water partition coefficient (Wildman–Crippen LogP) is 7.68. The summed E-state index contributed by atoms with van der Waals surface area (Å²) in [5.74, 6) is 0.430. The number of furan rings is 1. The zero-order chi connectivity index (χ0) is 22.6. The molecule has 0 N–H and O–H groups in total. The van der Waals surface area contributed by atoms with Gasteiger partial charge in [-0.25, -0.2) is 0 Å². The summed E-state index contributed by atoms with van der Waals surface area (Å²) in [6.45, 7) is 0. The predicted molar refractivity (Wildman–Crippen MR) is 122 cm³/mol. The molecule has 6 rings (SSSR count). The van der Waals surface area contributed by atoms with Gasteiger partial charge in [-0.2, -0.15) is 23.4 Å². The van der Waals surface area contributed by atoms with Crippen molar-refractivity contribution in [2.45, 2.75) is 6.18 Å². The fraction of sp³-hybridized carbons (Fsp3) is 0.0370. The van der Waals surface area contributed by atoms with Gasteiger partial charge in [-0.1, -0.05) is 60.7 Å². The largest absolute Gasteiger partial charge is 0.518 e. The molecule has 3 nitrogen and oxygen atoms in total. The van der Waals surface area contributed by atoms with Crippen molar-refractivity contribution in [1.29, 1.82) is 0 Å². The maximum atomic E-state index is 13.3. The van der Waals surface area contributed by atoms with Crippen LogP contribution < -0.4 is 0 Å². The van der Waals surface area contributed by atoms with Gasteiger partial charge in [0.05, 0.1) is 22.7 Å². The summed E-state index contributed by atoms with van der Waals surface area (Å²) in [5, 5.41) is 12.9. The van der Waals surface area contributed by atoms with Crippen LogP contribution in [0.3, 0.4) is 0 Å². The van der Waals surface area contributed by atoms with Gasteiger partial charge in [0.2, 0.25) is 0 Å². The summed E-state index contributed by atoms with van der Waals surface area (Å²) >= 11 is 0. The minimum Gasteiger partial charge on any atom is -0.518 e. The second-order valence-corrected chi connectivity index (χ2v) is 7.77. The fourth-order valence-electron chi connectivity index (χ4n) is 4.09. The second kappa shape index (κ2) is 8.35. The molecule has 0 aliphatic carbocycles. The molecule has 7 heteroatoms. The van der Waals surface area contributed by atoms with E-state index in [0.717, 1.165) is 33.7 Å². The Morgan fingerprint density at radius 3 is 2.06 bits per heavy atom. The molecule has 1 radical (unpaired) electrons. The number of aromatic nitrogens is 2. The van der Waals surface area contributed by atoms with Crippen LogP contribution in [0.4, 0.5) is 13.2 Å². The van der Waals surface area contributed by atoms with Crippen molar-refractivity contribution >= 4 is 32.5 Å². The Morgan fingerprint density at radius 1 is 0.706 bits per heavy atom. The van der Waals surface area contributed by atoms with Crippen molar-refractivity contribution in [3.63, 3.8) is 0 Å². The average Bonchev–Trinajstić information content (AvgIpc) is 3.26. The van der Waals surface area contributed by atoms with Gasteiger partial charge < -0.3 is 4.42 Å². The van der Waals surface area contributed by atoms with Gasteiger partial charge in [0.1, 0.15) is 0 Å². The van der Waals surface area contributed by atoms with Crippen molar-refractivity contribution in [1.82, 2.24) is 10.2 Å². The molecule has 0 bridgehead atoms. The molecule has 0 atom stereocenters. The number of para-hydroxylation sites is 1. The van der Waals surface area contributed by atoms with Crippen LogP contribution in [0.15, 0.2) is 89.3 Å². The third-order valence-electron chi connectivity index (χ3n) is 5.67. The summed E-state index contributed by atoms with van der Waals surface area (Å²) in [7, 11) is 0. The first-order chi connectivity index (χ1) is 16.0. The first-order valence-corrected chi connectivity index (χ1v) is 10.3.